The molecule has 0 aromatic carbocycles. The smallest absolute Gasteiger partial charge is 0.388 e. The highest BCUT2D eigenvalue weighted by Crippen LogP contribution is 2.60. The quantitative estimate of drug-likeness (QED) is 0.319. The summed E-state index contributed by atoms with van der Waals surface area (Å²) in [4.78, 5) is 17.0. The van der Waals surface area contributed by atoms with E-state index in [-0.39, 0.29) is 0 Å². The average molecular weight is 294 g/mol. The third-order valence-corrected chi connectivity index (χ3v) is 3.77. The summed E-state index contributed by atoms with van der Waals surface area (Å²) in [7, 11) is -6.17. The first-order valence-electron chi connectivity index (χ1n) is 4.74. The maximum absolute atomic E-state index is 13.4. The summed E-state index contributed by atoms with van der Waals surface area (Å²) >= 11 is 0. The molecule has 11 heteroatoms. The zero-order chi connectivity index (χ0) is 14.5. The van der Waals surface area contributed by atoms with Crippen LogP contribution in [0.15, 0.2) is 0 Å². The minimum absolute atomic E-state index is 0.973. The Morgan fingerprint density at radius 1 is 1.22 bits per heavy atom. The van der Waals surface area contributed by atoms with Crippen molar-refractivity contribution in [2.75, 3.05) is 0 Å². The Kier molecular flexibility index (Phi) is 3.90. The second-order valence-corrected chi connectivity index (χ2v) is 5.68. The lowest BCUT2D eigenvalue weighted by Gasteiger charge is -2.47. The van der Waals surface area contributed by atoms with E-state index in [2.05, 4.69) is 4.74 Å². The van der Waals surface area contributed by atoms with Crippen LogP contribution in [0.25, 0.3) is 0 Å². The number of alkyl halides is 2. The molecule has 1 rings (SSSR count). The summed E-state index contributed by atoms with van der Waals surface area (Å²) in [6, 6.07) is 0. The molecule has 6 N–H and O–H groups in total. The second kappa shape index (κ2) is 4.43. The molecule has 0 saturated carbocycles. The predicted molar refractivity (Wildman–Crippen MR) is 50.5 cm³/mol. The van der Waals surface area contributed by atoms with E-state index in [0.29, 0.717) is 0 Å². The molecule has 0 radical (unpaired) electrons. The van der Waals surface area contributed by atoms with E-state index >= 15 is 0 Å². The average Bonchev–Trinajstić information content (AvgIpc) is 2.22. The van der Waals surface area contributed by atoms with Gasteiger partial charge in [0.15, 0.2) is 0 Å². The maximum atomic E-state index is 13.4. The predicted octanol–water partition coefficient (Wildman–Crippen LogP) is -2.05. The topological polar surface area (TPSA) is 148 Å². The number of rotatable bonds is 2. The Morgan fingerprint density at radius 3 is 2.06 bits per heavy atom. The Labute approximate surface area is 99.6 Å². The van der Waals surface area contributed by atoms with Crippen molar-refractivity contribution in [1.82, 2.24) is 0 Å². The summed E-state index contributed by atoms with van der Waals surface area (Å²) < 4.78 is 41.7. The van der Waals surface area contributed by atoms with Crippen molar-refractivity contribution >= 4 is 7.60 Å². The van der Waals surface area contributed by atoms with Gasteiger partial charge >= 0.3 is 13.3 Å². The first-order chi connectivity index (χ1) is 7.86. The SMILES string of the molecule is C[C@@H]1O[C@](O)(C(F)(F)P(=O)(O)O)[C@H](O)[C@H](O)[C@H]1O. The number of aliphatic hydroxyl groups is 4. The van der Waals surface area contributed by atoms with Crippen molar-refractivity contribution in [3.8, 4) is 0 Å². The normalized spacial score (nSPS) is 42.9. The third kappa shape index (κ3) is 2.08. The van der Waals surface area contributed by atoms with Gasteiger partial charge in [-0.15, -0.1) is 0 Å². The van der Waals surface area contributed by atoms with Crippen molar-refractivity contribution in [3.05, 3.63) is 0 Å². The molecular formula is C7H13F2O8P. The molecule has 1 heterocycles. The van der Waals surface area contributed by atoms with Crippen LogP contribution >= 0.6 is 7.60 Å². The summed E-state index contributed by atoms with van der Waals surface area (Å²) in [5, 5.41) is 37.2. The molecule has 18 heavy (non-hydrogen) atoms. The number of aliphatic hydroxyl groups excluding tert-OH is 3. The fraction of sp³-hybridized carbons (Fsp3) is 1.00. The highest BCUT2D eigenvalue weighted by Gasteiger charge is 2.73. The van der Waals surface area contributed by atoms with Crippen LogP contribution < -0.4 is 0 Å². The Bertz CT molecular complexity index is 372. The van der Waals surface area contributed by atoms with Crippen molar-refractivity contribution in [3.63, 3.8) is 0 Å². The van der Waals surface area contributed by atoms with E-state index in [9.17, 15) is 33.8 Å². The van der Waals surface area contributed by atoms with Crippen molar-refractivity contribution < 1.29 is 48.3 Å². The van der Waals surface area contributed by atoms with Gasteiger partial charge in [0.2, 0.25) is 0 Å². The van der Waals surface area contributed by atoms with Gasteiger partial charge in [0.25, 0.3) is 5.79 Å². The highest BCUT2D eigenvalue weighted by atomic mass is 31.2. The second-order valence-electron chi connectivity index (χ2n) is 4.03. The number of halogens is 2. The first-order valence-corrected chi connectivity index (χ1v) is 6.35. The molecule has 0 amide bonds. The molecule has 0 unspecified atom stereocenters. The van der Waals surface area contributed by atoms with E-state index in [1.807, 2.05) is 0 Å². The summed E-state index contributed by atoms with van der Waals surface area (Å²) in [5.74, 6) is -4.01. The van der Waals surface area contributed by atoms with E-state index in [4.69, 9.17) is 9.79 Å². The molecule has 1 aliphatic heterocycles. The lowest BCUT2D eigenvalue weighted by molar-refractivity contribution is -0.390. The van der Waals surface area contributed by atoms with Crippen molar-refractivity contribution in [2.24, 2.45) is 0 Å². The van der Waals surface area contributed by atoms with E-state index < -0.39 is 43.5 Å². The molecule has 1 saturated heterocycles. The van der Waals surface area contributed by atoms with Crippen LogP contribution in [-0.2, 0) is 9.30 Å². The minimum Gasteiger partial charge on any atom is -0.388 e. The zero-order valence-electron chi connectivity index (χ0n) is 9.01. The van der Waals surface area contributed by atoms with Crippen molar-refractivity contribution in [1.29, 1.82) is 0 Å². The fourth-order valence-corrected chi connectivity index (χ4v) is 2.18. The molecule has 1 fully saturated rings. The lowest BCUT2D eigenvalue weighted by Crippen LogP contribution is -2.70. The van der Waals surface area contributed by atoms with Gasteiger partial charge in [-0.05, 0) is 6.92 Å². The molecule has 0 aromatic heterocycles. The summed E-state index contributed by atoms with van der Waals surface area (Å²) in [6.45, 7) is 0.973. The Hall–Kier alpha value is -0.190. The van der Waals surface area contributed by atoms with Crippen LogP contribution in [0.5, 0.6) is 0 Å². The third-order valence-electron chi connectivity index (χ3n) is 2.72. The number of hydrogen-bond donors (Lipinski definition) is 6. The molecule has 108 valence electrons. The van der Waals surface area contributed by atoms with Gasteiger partial charge < -0.3 is 34.9 Å². The Morgan fingerprint density at radius 2 is 1.67 bits per heavy atom. The van der Waals surface area contributed by atoms with Crippen LogP contribution in [0.1, 0.15) is 6.92 Å². The van der Waals surface area contributed by atoms with Gasteiger partial charge in [0, 0.05) is 0 Å². The minimum atomic E-state index is -6.17. The largest absolute Gasteiger partial charge is 0.400 e. The van der Waals surface area contributed by atoms with Crippen LogP contribution in [0.2, 0.25) is 0 Å². The van der Waals surface area contributed by atoms with Gasteiger partial charge in [0.05, 0.1) is 6.10 Å². The molecule has 0 aliphatic carbocycles. The van der Waals surface area contributed by atoms with Crippen LogP contribution in [0.3, 0.4) is 0 Å². The van der Waals surface area contributed by atoms with Gasteiger partial charge in [-0.25, -0.2) is 0 Å². The molecule has 0 spiro atoms. The van der Waals surface area contributed by atoms with Gasteiger partial charge in [0.1, 0.15) is 18.3 Å². The zero-order valence-corrected chi connectivity index (χ0v) is 9.91. The monoisotopic (exact) mass is 294 g/mol. The number of hydrogen-bond acceptors (Lipinski definition) is 6. The van der Waals surface area contributed by atoms with E-state index in [1.54, 1.807) is 0 Å². The molecular weight excluding hydrogens is 281 g/mol. The first kappa shape index (κ1) is 15.9. The van der Waals surface area contributed by atoms with Crippen LogP contribution in [0, 0.1) is 0 Å². The van der Waals surface area contributed by atoms with Crippen molar-refractivity contribution in [2.45, 2.75) is 42.8 Å². The highest BCUT2D eigenvalue weighted by molar-refractivity contribution is 7.53. The molecule has 8 nitrogen and oxygen atoms in total. The standard InChI is InChI=1S/C7H13F2O8P/c1-2-3(10)4(11)5(12)6(13,17-2)7(8,9)18(14,15)16/h2-5,10-13H,1H3,(H2,14,15,16)/t2-,3-,4+,5+,6-/m0/s1. The maximum Gasteiger partial charge on any atom is 0.400 e. The number of ether oxygens (including phenoxy) is 1. The fourth-order valence-electron chi connectivity index (χ4n) is 1.58. The Balaban J connectivity index is 3.24. The van der Waals surface area contributed by atoms with Gasteiger partial charge in [-0.2, -0.15) is 8.78 Å². The van der Waals surface area contributed by atoms with Crippen LogP contribution in [-0.4, -0.2) is 66.1 Å². The lowest BCUT2D eigenvalue weighted by atomic mass is 9.93. The molecule has 5 atom stereocenters. The van der Waals surface area contributed by atoms with Crippen LogP contribution in [0.4, 0.5) is 8.78 Å². The summed E-state index contributed by atoms with van der Waals surface area (Å²) in [5.41, 5.74) is -5.16. The van der Waals surface area contributed by atoms with Gasteiger partial charge in [-0.1, -0.05) is 0 Å². The molecule has 0 bridgehead atoms. The molecule has 1 aliphatic rings. The summed E-state index contributed by atoms with van der Waals surface area (Å²) in [6.07, 6.45) is -8.43. The van der Waals surface area contributed by atoms with E-state index in [0.717, 1.165) is 6.92 Å². The molecule has 0 aromatic rings. The van der Waals surface area contributed by atoms with E-state index in [1.165, 1.54) is 0 Å². The van der Waals surface area contributed by atoms with Gasteiger partial charge in [-0.3, -0.25) is 4.57 Å².